The van der Waals surface area contributed by atoms with Gasteiger partial charge in [0.2, 0.25) is 0 Å². The van der Waals surface area contributed by atoms with Crippen LogP contribution in [0.5, 0.6) is 17.2 Å². The molecule has 0 fully saturated rings. The van der Waals surface area contributed by atoms with Crippen LogP contribution in [0.15, 0.2) is 59.5 Å². The second-order valence-electron chi connectivity index (χ2n) is 6.66. The first-order chi connectivity index (χ1) is 16.6. The van der Waals surface area contributed by atoms with Gasteiger partial charge in [-0.15, -0.1) is 13.2 Å². The summed E-state index contributed by atoms with van der Waals surface area (Å²) in [5, 5.41) is 0. The van der Waals surface area contributed by atoms with Crippen LogP contribution in [0, 0.1) is 10.7 Å². The molecule has 0 heterocycles. The Bertz CT molecular complexity index is 1420. The number of benzene rings is 3. The lowest BCUT2D eigenvalue weighted by Crippen LogP contribution is -2.20. The van der Waals surface area contributed by atoms with Crippen molar-refractivity contribution in [2.45, 2.75) is 11.3 Å². The average Bonchev–Trinajstić information content (AvgIpc) is 2.72. The molecule has 0 aliphatic rings. The summed E-state index contributed by atoms with van der Waals surface area (Å²) >= 11 is 5.14. The fourth-order valence-corrected chi connectivity index (χ4v) is 7.01. The summed E-state index contributed by atoms with van der Waals surface area (Å²) in [5.41, 5.74) is -1.03. The van der Waals surface area contributed by atoms with Crippen molar-refractivity contribution >= 4 is 89.8 Å². The Labute approximate surface area is 242 Å². The van der Waals surface area contributed by atoms with E-state index in [9.17, 15) is 35.7 Å². The van der Waals surface area contributed by atoms with Gasteiger partial charge in [-0.3, -0.25) is 0 Å². The molecule has 0 aliphatic heterocycles. The highest BCUT2D eigenvalue weighted by molar-refractivity contribution is 14.1. The Morgan fingerprint density at radius 3 is 1.78 bits per heavy atom. The van der Waals surface area contributed by atoms with Crippen LogP contribution in [-0.2, 0) is 10.1 Å². The molecule has 8 nitrogen and oxygen atoms in total. The fraction of sp³-hybridized carbons (Fsp3) is 0.0476. The van der Waals surface area contributed by atoms with Gasteiger partial charge in [-0.25, -0.2) is 18.0 Å². The zero-order valence-corrected chi connectivity index (χ0v) is 24.4. The van der Waals surface area contributed by atoms with Gasteiger partial charge in [0.1, 0.15) is 27.4 Å². The van der Waals surface area contributed by atoms with Gasteiger partial charge in [-0.2, -0.15) is 0 Å². The Kier molecular flexibility index (Phi) is 9.10. The van der Waals surface area contributed by atoms with E-state index in [1.165, 1.54) is 12.1 Å². The van der Waals surface area contributed by atoms with Crippen LogP contribution in [0.1, 0.15) is 20.7 Å². The molecule has 0 saturated heterocycles. The highest BCUT2D eigenvalue weighted by Crippen LogP contribution is 2.31. The van der Waals surface area contributed by atoms with E-state index in [2.05, 4.69) is 4.74 Å². The molecule has 15 heteroatoms. The van der Waals surface area contributed by atoms with Gasteiger partial charge in [-0.1, -0.05) is 0 Å². The first-order valence-corrected chi connectivity index (χ1v) is 13.8. The predicted octanol–water partition coefficient (Wildman–Crippen LogP) is 5.74. The lowest BCUT2D eigenvalue weighted by molar-refractivity contribution is -0.274. The van der Waals surface area contributed by atoms with Crippen molar-refractivity contribution in [2.24, 2.45) is 0 Å². The van der Waals surface area contributed by atoms with Crippen LogP contribution in [0.2, 0.25) is 0 Å². The average molecular weight is 859 g/mol. The van der Waals surface area contributed by atoms with Crippen LogP contribution in [-0.4, -0.2) is 31.3 Å². The Morgan fingerprint density at radius 1 is 0.750 bits per heavy atom. The van der Waals surface area contributed by atoms with Crippen LogP contribution < -0.4 is 14.2 Å². The summed E-state index contributed by atoms with van der Waals surface area (Å²) in [5.74, 6) is -3.22. The first kappa shape index (κ1) is 28.9. The highest BCUT2D eigenvalue weighted by atomic mass is 127. The van der Waals surface area contributed by atoms with Gasteiger partial charge in [0.15, 0.2) is 0 Å². The summed E-state index contributed by atoms with van der Waals surface area (Å²) in [6.07, 6.45) is -5.07. The second kappa shape index (κ2) is 11.4. The van der Waals surface area contributed by atoms with E-state index < -0.39 is 50.2 Å². The van der Waals surface area contributed by atoms with E-state index in [0.717, 1.165) is 27.8 Å². The molecule has 3 aromatic rings. The van der Waals surface area contributed by atoms with Gasteiger partial charge < -0.3 is 18.8 Å². The third-order valence-electron chi connectivity index (χ3n) is 4.12. The largest absolute Gasteiger partial charge is 0.744 e. The minimum absolute atomic E-state index is 0.0511. The third-order valence-corrected chi connectivity index (χ3v) is 8.21. The number of alkyl halides is 3. The van der Waals surface area contributed by atoms with E-state index in [0.29, 0.717) is 6.07 Å². The Hall–Kier alpha value is -1.71. The van der Waals surface area contributed by atoms with Crippen molar-refractivity contribution < 1.29 is 49.9 Å². The number of ether oxygens (including phenoxy) is 3. The second-order valence-corrected chi connectivity index (χ2v) is 11.5. The van der Waals surface area contributed by atoms with Gasteiger partial charge in [0.05, 0.1) is 16.0 Å². The highest BCUT2D eigenvalue weighted by Gasteiger charge is 2.32. The molecule has 0 bridgehead atoms. The molecule has 36 heavy (non-hydrogen) atoms. The van der Waals surface area contributed by atoms with Gasteiger partial charge in [0, 0.05) is 10.7 Å². The molecule has 3 rings (SSSR count). The van der Waals surface area contributed by atoms with Crippen LogP contribution >= 0.6 is 67.8 Å². The molecule has 0 unspecified atom stereocenters. The van der Waals surface area contributed by atoms with E-state index in [1.807, 2.05) is 22.6 Å². The maximum absolute atomic E-state index is 12.9. The molecular weight excluding hydrogens is 850 g/mol. The molecule has 0 amide bonds. The third kappa shape index (κ3) is 7.65. The van der Waals surface area contributed by atoms with E-state index in [-0.39, 0.29) is 18.6 Å². The van der Waals surface area contributed by atoms with E-state index in [4.69, 9.17) is 9.47 Å². The summed E-state index contributed by atoms with van der Waals surface area (Å²) in [6, 6.07) is 10.8. The fourth-order valence-electron chi connectivity index (χ4n) is 2.73. The molecule has 0 saturated carbocycles. The topological polar surface area (TPSA) is 119 Å². The molecule has 3 aromatic carbocycles. The van der Waals surface area contributed by atoms with Crippen molar-refractivity contribution in [3.63, 3.8) is 0 Å². The zero-order chi connectivity index (χ0) is 26.8. The summed E-state index contributed by atoms with van der Waals surface area (Å²) in [7, 11) is -4.83. The molecular formula is C21H9F3I3O8S-. The number of rotatable bonds is 6. The van der Waals surface area contributed by atoms with E-state index in [1.54, 1.807) is 57.3 Å². The maximum atomic E-state index is 12.9. The van der Waals surface area contributed by atoms with Crippen LogP contribution in [0.3, 0.4) is 0 Å². The minimum Gasteiger partial charge on any atom is -0.744 e. The quantitative estimate of drug-likeness (QED) is 0.133. The number of carbonyl (C=O) groups is 2. The van der Waals surface area contributed by atoms with Crippen molar-refractivity contribution in [3.8, 4) is 17.2 Å². The predicted molar refractivity (Wildman–Crippen MR) is 142 cm³/mol. The monoisotopic (exact) mass is 859 g/mol. The molecule has 0 aromatic heterocycles. The van der Waals surface area contributed by atoms with Crippen LogP contribution in [0.25, 0.3) is 0 Å². The number of hydrogen-bond acceptors (Lipinski definition) is 8. The molecule has 0 spiro atoms. The Balaban J connectivity index is 1.99. The van der Waals surface area contributed by atoms with E-state index >= 15 is 0 Å². The minimum atomic E-state index is -5.07. The molecule has 190 valence electrons. The summed E-state index contributed by atoms with van der Waals surface area (Å²) < 4.78 is 87.4. The zero-order valence-electron chi connectivity index (χ0n) is 17.1. The normalized spacial score (nSPS) is 11.6. The number of hydrogen-bond donors (Lipinski definition) is 0. The number of esters is 2. The lowest BCUT2D eigenvalue weighted by atomic mass is 10.1. The van der Waals surface area contributed by atoms with Gasteiger partial charge >= 0.3 is 18.3 Å². The SMILES string of the molecule is O=C(Oc1ccc(I)cc1)c1ccc(OC(F)(F)F)cc1C(=O)Oc1cc(I)c(S(=O)(=O)[O-])c(I)c1. The van der Waals surface area contributed by atoms with Gasteiger partial charge in [0.25, 0.3) is 0 Å². The standard InChI is InChI=1S/C21H10F3I3O8S/c22-21(23,24)35-12-5-6-14(19(28)33-11-3-1-10(25)2-4-11)15(7-12)20(29)34-13-8-16(26)18(17(27)9-13)36(30,31)32/h1-9H,(H,30,31,32)/p-1. The molecule has 0 atom stereocenters. The van der Waals surface area contributed by atoms with Crippen molar-refractivity contribution in [1.29, 1.82) is 0 Å². The molecule has 0 N–H and O–H groups in total. The maximum Gasteiger partial charge on any atom is 0.573 e. The van der Waals surface area contributed by atoms with Crippen LogP contribution in [0.4, 0.5) is 13.2 Å². The lowest BCUT2D eigenvalue weighted by Gasteiger charge is -2.15. The summed E-state index contributed by atoms with van der Waals surface area (Å²) in [6.45, 7) is 0. The van der Waals surface area contributed by atoms with Crippen molar-refractivity contribution in [3.05, 3.63) is 76.4 Å². The Morgan fingerprint density at radius 2 is 1.25 bits per heavy atom. The van der Waals surface area contributed by atoms with Crippen molar-refractivity contribution in [2.75, 3.05) is 0 Å². The summed E-state index contributed by atoms with van der Waals surface area (Å²) in [4.78, 5) is 25.1. The number of halogens is 6. The van der Waals surface area contributed by atoms with Gasteiger partial charge in [-0.05, 0) is 122 Å². The first-order valence-electron chi connectivity index (χ1n) is 9.19. The molecule has 0 aliphatic carbocycles. The van der Waals surface area contributed by atoms with Crippen molar-refractivity contribution in [1.82, 2.24) is 0 Å². The number of carbonyl (C=O) groups excluding carboxylic acids is 2. The molecule has 0 radical (unpaired) electrons. The smallest absolute Gasteiger partial charge is 0.573 e.